The number of fused-ring (bicyclic) bond motifs is 1. The number of aryl methyl sites for hydroxylation is 1. The van der Waals surface area contributed by atoms with Crippen molar-refractivity contribution in [3.05, 3.63) is 53.2 Å². The van der Waals surface area contributed by atoms with Crippen molar-refractivity contribution in [3.63, 3.8) is 0 Å². The van der Waals surface area contributed by atoms with Gasteiger partial charge in [-0.25, -0.2) is 4.98 Å². The number of nitrogens with one attached hydrogen (secondary N) is 1. The Labute approximate surface area is 189 Å². The highest BCUT2D eigenvalue weighted by molar-refractivity contribution is 5.98. The Hall–Kier alpha value is -2.93. The zero-order valence-electron chi connectivity index (χ0n) is 19.3. The lowest BCUT2D eigenvalue weighted by molar-refractivity contribution is -0.117. The number of carbonyl (C=O) groups excluding carboxylic acids is 2. The second-order valence-electron chi connectivity index (χ2n) is 8.69. The molecule has 0 bridgehead atoms. The first-order valence-corrected chi connectivity index (χ1v) is 11.4. The molecule has 2 aliphatic heterocycles. The molecule has 0 aliphatic carbocycles. The Kier molecular flexibility index (Phi) is 6.46. The van der Waals surface area contributed by atoms with E-state index >= 15 is 0 Å². The fourth-order valence-electron chi connectivity index (χ4n) is 4.97. The minimum atomic E-state index is -0.0720. The summed E-state index contributed by atoms with van der Waals surface area (Å²) in [6, 6.07) is 11.6. The van der Waals surface area contributed by atoms with Gasteiger partial charge in [0, 0.05) is 48.9 Å². The predicted molar refractivity (Wildman–Crippen MR) is 125 cm³/mol. The van der Waals surface area contributed by atoms with Crippen molar-refractivity contribution in [2.45, 2.75) is 46.2 Å². The number of rotatable bonds is 4. The summed E-state index contributed by atoms with van der Waals surface area (Å²) < 4.78 is 5.39. The number of hydrogen-bond donors (Lipinski definition) is 1. The number of pyridine rings is 1. The molecule has 2 aromatic rings. The maximum absolute atomic E-state index is 13.2. The van der Waals surface area contributed by atoms with Crippen molar-refractivity contribution in [2.24, 2.45) is 5.92 Å². The normalized spacial score (nSPS) is 22.9. The molecule has 7 nitrogen and oxygen atoms in total. The molecule has 0 saturated carbocycles. The first kappa shape index (κ1) is 22.3. The summed E-state index contributed by atoms with van der Waals surface area (Å²) in [7, 11) is 0. The lowest BCUT2D eigenvalue weighted by atomic mass is 9.80. The number of amides is 2. The van der Waals surface area contributed by atoms with Crippen LogP contribution >= 0.6 is 0 Å². The number of aromatic nitrogens is 1. The number of nitrogens with zero attached hydrogens (tertiary/aromatic N) is 3. The highest BCUT2D eigenvalue weighted by atomic mass is 16.5. The van der Waals surface area contributed by atoms with Crippen LogP contribution in [-0.2, 0) is 9.53 Å². The van der Waals surface area contributed by atoms with E-state index in [0.717, 1.165) is 29.2 Å². The maximum atomic E-state index is 13.2. The van der Waals surface area contributed by atoms with Gasteiger partial charge >= 0.3 is 0 Å². The summed E-state index contributed by atoms with van der Waals surface area (Å²) in [5.74, 6) is 0.948. The molecule has 3 heterocycles. The number of anilines is 2. The van der Waals surface area contributed by atoms with Crippen LogP contribution < -0.4 is 10.2 Å². The van der Waals surface area contributed by atoms with Crippen LogP contribution in [-0.4, -0.2) is 54.0 Å². The molecule has 170 valence electrons. The lowest BCUT2D eigenvalue weighted by Gasteiger charge is -2.45. The van der Waals surface area contributed by atoms with Gasteiger partial charge in [-0.05, 0) is 49.2 Å². The molecule has 7 heteroatoms. The first-order valence-electron chi connectivity index (χ1n) is 11.4. The molecule has 1 saturated heterocycles. The molecule has 1 aromatic carbocycles. The molecular weight excluding hydrogens is 404 g/mol. The molecule has 3 atom stereocenters. The van der Waals surface area contributed by atoms with Crippen LogP contribution in [0.3, 0.4) is 0 Å². The van der Waals surface area contributed by atoms with Gasteiger partial charge in [-0.3, -0.25) is 9.59 Å². The largest absolute Gasteiger partial charge is 0.378 e. The van der Waals surface area contributed by atoms with Crippen molar-refractivity contribution in [3.8, 4) is 0 Å². The Bertz CT molecular complexity index is 1000. The summed E-state index contributed by atoms with van der Waals surface area (Å²) in [5.41, 5.74) is 3.40. The van der Waals surface area contributed by atoms with Crippen molar-refractivity contribution < 1.29 is 14.3 Å². The van der Waals surface area contributed by atoms with Crippen LogP contribution in [0.15, 0.2) is 36.4 Å². The molecule has 1 N–H and O–H groups in total. The molecular formula is C25H32N4O3. The minimum absolute atomic E-state index is 0.00294. The fraction of sp³-hybridized carbons (Fsp3) is 0.480. The number of hydrogen-bond acceptors (Lipinski definition) is 5. The van der Waals surface area contributed by atoms with Crippen LogP contribution in [0, 0.1) is 12.8 Å². The summed E-state index contributed by atoms with van der Waals surface area (Å²) in [5, 5.41) is 3.60. The van der Waals surface area contributed by atoms with Gasteiger partial charge in [0.2, 0.25) is 5.91 Å². The topological polar surface area (TPSA) is 74.8 Å². The highest BCUT2D eigenvalue weighted by Crippen LogP contribution is 2.43. The highest BCUT2D eigenvalue weighted by Gasteiger charge is 2.40. The van der Waals surface area contributed by atoms with E-state index in [2.05, 4.69) is 24.1 Å². The summed E-state index contributed by atoms with van der Waals surface area (Å²) in [6.45, 7) is 10.2. The summed E-state index contributed by atoms with van der Waals surface area (Å²) in [6.07, 6.45) is 0.841. The van der Waals surface area contributed by atoms with Crippen molar-refractivity contribution in [1.82, 2.24) is 9.88 Å². The smallest absolute Gasteiger partial charge is 0.254 e. The van der Waals surface area contributed by atoms with Crippen LogP contribution in [0.2, 0.25) is 0 Å². The van der Waals surface area contributed by atoms with Crippen LogP contribution in [0.5, 0.6) is 0 Å². The molecule has 4 rings (SSSR count). The molecule has 2 aliphatic rings. The van der Waals surface area contributed by atoms with E-state index in [1.54, 1.807) is 6.92 Å². The van der Waals surface area contributed by atoms with Crippen molar-refractivity contribution in [2.75, 3.05) is 36.5 Å². The quantitative estimate of drug-likeness (QED) is 0.789. The number of morpholine rings is 1. The minimum Gasteiger partial charge on any atom is -0.378 e. The zero-order chi connectivity index (χ0) is 22.8. The molecule has 0 radical (unpaired) electrons. The van der Waals surface area contributed by atoms with E-state index in [0.29, 0.717) is 31.9 Å². The van der Waals surface area contributed by atoms with E-state index in [-0.39, 0.29) is 29.8 Å². The first-order chi connectivity index (χ1) is 15.4. The van der Waals surface area contributed by atoms with Crippen LogP contribution in [0.25, 0.3) is 0 Å². The maximum Gasteiger partial charge on any atom is 0.254 e. The third kappa shape index (κ3) is 4.21. The molecule has 1 aromatic heterocycles. The van der Waals surface area contributed by atoms with E-state index in [4.69, 9.17) is 4.74 Å². The zero-order valence-corrected chi connectivity index (χ0v) is 19.3. The average Bonchev–Trinajstić information content (AvgIpc) is 2.80. The van der Waals surface area contributed by atoms with Gasteiger partial charge in [0.25, 0.3) is 5.91 Å². The molecule has 1 fully saturated rings. The van der Waals surface area contributed by atoms with Gasteiger partial charge in [0.05, 0.1) is 19.3 Å². The fourth-order valence-corrected chi connectivity index (χ4v) is 4.97. The summed E-state index contributed by atoms with van der Waals surface area (Å²) >= 11 is 0. The van der Waals surface area contributed by atoms with Crippen LogP contribution in [0.4, 0.5) is 11.5 Å². The van der Waals surface area contributed by atoms with E-state index in [1.807, 2.05) is 53.1 Å². The Morgan fingerprint density at radius 1 is 1.19 bits per heavy atom. The number of benzene rings is 1. The second kappa shape index (κ2) is 9.28. The second-order valence-corrected chi connectivity index (χ2v) is 8.69. The van der Waals surface area contributed by atoms with Crippen LogP contribution in [0.1, 0.15) is 54.8 Å². The van der Waals surface area contributed by atoms with Gasteiger partial charge in [0.1, 0.15) is 5.82 Å². The van der Waals surface area contributed by atoms with Gasteiger partial charge in [-0.2, -0.15) is 0 Å². The molecule has 1 unspecified atom stereocenters. The van der Waals surface area contributed by atoms with Gasteiger partial charge < -0.3 is 19.9 Å². The Balaban J connectivity index is 1.77. The van der Waals surface area contributed by atoms with E-state index in [9.17, 15) is 9.59 Å². The number of carbonyl (C=O) groups is 2. The standard InChI is InChI=1S/C25H32N4O3/c1-5-21-17(3)24(27-23-8-6-7-16(2)26-23)20-15-19(9-10-22(20)29(21)18(4)30)25(31)28-11-13-32-14-12-28/h6-10,15,17,21,24H,5,11-14H2,1-4H3,(H,26,27)/t17-,21-,24?/m0/s1. The van der Waals surface area contributed by atoms with E-state index in [1.165, 1.54) is 0 Å². The van der Waals surface area contributed by atoms with E-state index < -0.39 is 0 Å². The van der Waals surface area contributed by atoms with Gasteiger partial charge in [0.15, 0.2) is 0 Å². The van der Waals surface area contributed by atoms with Crippen molar-refractivity contribution in [1.29, 1.82) is 0 Å². The molecule has 2 amide bonds. The third-order valence-corrected chi connectivity index (χ3v) is 6.58. The van der Waals surface area contributed by atoms with Crippen molar-refractivity contribution >= 4 is 23.3 Å². The Morgan fingerprint density at radius 2 is 1.94 bits per heavy atom. The third-order valence-electron chi connectivity index (χ3n) is 6.58. The Morgan fingerprint density at radius 3 is 2.59 bits per heavy atom. The lowest BCUT2D eigenvalue weighted by Crippen LogP contribution is -2.50. The van der Waals surface area contributed by atoms with Gasteiger partial charge in [-0.1, -0.05) is 19.9 Å². The number of ether oxygens (including phenoxy) is 1. The summed E-state index contributed by atoms with van der Waals surface area (Å²) in [4.78, 5) is 34.2. The SMILES string of the molecule is CC[C@H]1[C@H](C)C(Nc2cccc(C)n2)c2cc(C(=O)N3CCOCC3)ccc2N1C(C)=O. The van der Waals surface area contributed by atoms with Gasteiger partial charge in [-0.15, -0.1) is 0 Å². The molecule has 0 spiro atoms. The average molecular weight is 437 g/mol. The molecule has 32 heavy (non-hydrogen) atoms. The monoisotopic (exact) mass is 436 g/mol. The predicted octanol–water partition coefficient (Wildman–Crippen LogP) is 3.80.